The Morgan fingerprint density at radius 3 is 2.70 bits per heavy atom. The van der Waals surface area contributed by atoms with Crippen LogP contribution in [-0.2, 0) is 0 Å². The summed E-state index contributed by atoms with van der Waals surface area (Å²) in [4.78, 5) is 0. The molecule has 0 amide bonds. The molecule has 4 heteroatoms. The van der Waals surface area contributed by atoms with E-state index in [9.17, 15) is 4.39 Å². The fraction of sp³-hybridized carbons (Fsp3) is 0.250. The quantitative estimate of drug-likeness (QED) is 0.915. The van der Waals surface area contributed by atoms with Gasteiger partial charge in [0, 0.05) is 0 Å². The van der Waals surface area contributed by atoms with Crippen molar-refractivity contribution in [1.82, 2.24) is 0 Å². The molecule has 2 atom stereocenters. The van der Waals surface area contributed by atoms with Crippen molar-refractivity contribution in [2.45, 2.75) is 19.1 Å². The second kappa shape index (κ2) is 5.13. The summed E-state index contributed by atoms with van der Waals surface area (Å²) in [6.07, 6.45) is -0.283. The fourth-order valence-electron chi connectivity index (χ4n) is 2.43. The van der Waals surface area contributed by atoms with Gasteiger partial charge < -0.3 is 15.2 Å². The zero-order chi connectivity index (χ0) is 14.1. The van der Waals surface area contributed by atoms with Gasteiger partial charge in [0.2, 0.25) is 0 Å². The molecule has 0 saturated carbocycles. The van der Waals surface area contributed by atoms with Crippen LogP contribution in [0.1, 0.15) is 17.2 Å². The molecule has 0 fully saturated rings. The Morgan fingerprint density at radius 1 is 1.20 bits per heavy atom. The van der Waals surface area contributed by atoms with Crippen molar-refractivity contribution < 1.29 is 13.9 Å². The highest BCUT2D eigenvalue weighted by Crippen LogP contribution is 2.34. The van der Waals surface area contributed by atoms with Crippen LogP contribution in [0.25, 0.3) is 0 Å². The van der Waals surface area contributed by atoms with Gasteiger partial charge in [0.25, 0.3) is 0 Å². The number of para-hydroxylation sites is 2. The molecular formula is C16H16FNO2. The minimum atomic E-state index is -0.357. The number of nitrogens with two attached hydrogens (primary N) is 1. The van der Waals surface area contributed by atoms with Gasteiger partial charge in [-0.1, -0.05) is 18.2 Å². The van der Waals surface area contributed by atoms with E-state index in [0.29, 0.717) is 12.4 Å². The number of ether oxygens (including phenoxy) is 2. The predicted molar refractivity (Wildman–Crippen MR) is 74.4 cm³/mol. The van der Waals surface area contributed by atoms with Gasteiger partial charge in [0.15, 0.2) is 17.6 Å². The Morgan fingerprint density at radius 2 is 1.95 bits per heavy atom. The molecule has 3 rings (SSSR count). The lowest BCUT2D eigenvalue weighted by Crippen LogP contribution is -2.39. The summed E-state index contributed by atoms with van der Waals surface area (Å²) >= 11 is 0. The molecule has 1 aliphatic heterocycles. The molecule has 1 heterocycles. The van der Waals surface area contributed by atoms with Gasteiger partial charge in [-0.05, 0) is 42.3 Å². The maximum atomic E-state index is 13.2. The van der Waals surface area contributed by atoms with E-state index in [-0.39, 0.29) is 18.0 Å². The topological polar surface area (TPSA) is 44.5 Å². The van der Waals surface area contributed by atoms with Gasteiger partial charge in [-0.25, -0.2) is 4.39 Å². The van der Waals surface area contributed by atoms with Crippen molar-refractivity contribution in [3.05, 3.63) is 59.4 Å². The molecule has 20 heavy (non-hydrogen) atoms. The third-order valence-corrected chi connectivity index (χ3v) is 3.52. The fourth-order valence-corrected chi connectivity index (χ4v) is 2.43. The highest BCUT2D eigenvalue weighted by atomic mass is 19.1. The van der Waals surface area contributed by atoms with E-state index in [1.807, 2.05) is 31.2 Å². The van der Waals surface area contributed by atoms with Crippen molar-refractivity contribution in [2.24, 2.45) is 5.73 Å². The van der Waals surface area contributed by atoms with Crippen molar-refractivity contribution in [3.8, 4) is 11.5 Å². The molecule has 2 aromatic carbocycles. The van der Waals surface area contributed by atoms with Crippen LogP contribution in [0, 0.1) is 12.7 Å². The molecule has 2 aromatic rings. The number of rotatable bonds is 2. The molecule has 0 saturated heterocycles. The molecule has 0 spiro atoms. The number of hydrogen-bond acceptors (Lipinski definition) is 3. The number of halogens is 1. The lowest BCUT2D eigenvalue weighted by Gasteiger charge is -2.31. The zero-order valence-corrected chi connectivity index (χ0v) is 11.2. The standard InChI is InChI=1S/C16H16FNO2/c1-10-8-11(17)6-7-12(10)16(18)15-9-19-13-4-2-3-5-14(13)20-15/h2-8,15-16H,9,18H2,1H3. The smallest absolute Gasteiger partial charge is 0.161 e. The Labute approximate surface area is 117 Å². The van der Waals surface area contributed by atoms with E-state index in [1.54, 1.807) is 6.07 Å². The van der Waals surface area contributed by atoms with Crippen LogP contribution in [0.4, 0.5) is 4.39 Å². The van der Waals surface area contributed by atoms with Crippen LogP contribution in [0.2, 0.25) is 0 Å². The minimum absolute atomic E-state index is 0.260. The number of hydrogen-bond donors (Lipinski definition) is 1. The molecule has 0 aliphatic carbocycles. The lowest BCUT2D eigenvalue weighted by atomic mass is 9.97. The largest absolute Gasteiger partial charge is 0.486 e. The average Bonchev–Trinajstić information content (AvgIpc) is 2.46. The van der Waals surface area contributed by atoms with Gasteiger partial charge in [0.1, 0.15) is 12.4 Å². The van der Waals surface area contributed by atoms with E-state index < -0.39 is 0 Å². The van der Waals surface area contributed by atoms with Gasteiger partial charge in [0.05, 0.1) is 6.04 Å². The van der Waals surface area contributed by atoms with Crippen LogP contribution in [0.5, 0.6) is 11.5 Å². The molecule has 1 aliphatic rings. The van der Waals surface area contributed by atoms with E-state index in [1.165, 1.54) is 12.1 Å². The minimum Gasteiger partial charge on any atom is -0.486 e. The average molecular weight is 273 g/mol. The first kappa shape index (κ1) is 12.9. The molecular weight excluding hydrogens is 257 g/mol. The van der Waals surface area contributed by atoms with E-state index in [2.05, 4.69) is 0 Å². The summed E-state index contributed by atoms with van der Waals surface area (Å²) in [5.74, 6) is 1.16. The maximum Gasteiger partial charge on any atom is 0.161 e. The Balaban J connectivity index is 1.84. The summed E-state index contributed by atoms with van der Waals surface area (Å²) in [5, 5.41) is 0. The number of aryl methyl sites for hydroxylation is 1. The Bertz CT molecular complexity index is 630. The van der Waals surface area contributed by atoms with E-state index in [0.717, 1.165) is 16.9 Å². The summed E-state index contributed by atoms with van der Waals surface area (Å²) in [6.45, 7) is 2.23. The molecule has 0 bridgehead atoms. The number of benzene rings is 2. The first-order valence-corrected chi connectivity index (χ1v) is 6.55. The SMILES string of the molecule is Cc1cc(F)ccc1C(N)C1COc2ccccc2O1. The van der Waals surface area contributed by atoms with Crippen LogP contribution >= 0.6 is 0 Å². The Kier molecular flexibility index (Phi) is 3.32. The number of fused-ring (bicyclic) bond motifs is 1. The van der Waals surface area contributed by atoms with Crippen molar-refractivity contribution >= 4 is 0 Å². The normalized spacial score (nSPS) is 18.6. The highest BCUT2D eigenvalue weighted by molar-refractivity contribution is 5.41. The van der Waals surface area contributed by atoms with Gasteiger partial charge in [-0.3, -0.25) is 0 Å². The summed E-state index contributed by atoms with van der Waals surface area (Å²) in [6, 6.07) is 11.7. The highest BCUT2D eigenvalue weighted by Gasteiger charge is 2.28. The van der Waals surface area contributed by atoms with Gasteiger partial charge >= 0.3 is 0 Å². The molecule has 2 N–H and O–H groups in total. The van der Waals surface area contributed by atoms with Crippen molar-refractivity contribution in [2.75, 3.05) is 6.61 Å². The second-order valence-electron chi connectivity index (χ2n) is 4.94. The molecule has 104 valence electrons. The van der Waals surface area contributed by atoms with Crippen LogP contribution in [-0.4, -0.2) is 12.7 Å². The van der Waals surface area contributed by atoms with Crippen LogP contribution < -0.4 is 15.2 Å². The monoisotopic (exact) mass is 273 g/mol. The molecule has 2 unspecified atom stereocenters. The molecule has 0 aromatic heterocycles. The summed E-state index contributed by atoms with van der Waals surface area (Å²) in [5.41, 5.74) is 7.94. The van der Waals surface area contributed by atoms with Crippen LogP contribution in [0.3, 0.4) is 0 Å². The third kappa shape index (κ3) is 2.34. The van der Waals surface area contributed by atoms with Gasteiger partial charge in [-0.2, -0.15) is 0 Å². The van der Waals surface area contributed by atoms with Crippen molar-refractivity contribution in [3.63, 3.8) is 0 Å². The molecule has 3 nitrogen and oxygen atoms in total. The Hall–Kier alpha value is -2.07. The first-order chi connectivity index (χ1) is 9.65. The lowest BCUT2D eigenvalue weighted by molar-refractivity contribution is 0.0719. The molecule has 0 radical (unpaired) electrons. The summed E-state index contributed by atoms with van der Waals surface area (Å²) in [7, 11) is 0. The van der Waals surface area contributed by atoms with E-state index in [4.69, 9.17) is 15.2 Å². The zero-order valence-electron chi connectivity index (χ0n) is 11.2. The first-order valence-electron chi connectivity index (χ1n) is 6.55. The maximum absolute atomic E-state index is 13.2. The predicted octanol–water partition coefficient (Wildman–Crippen LogP) is 2.97. The van der Waals surface area contributed by atoms with Gasteiger partial charge in [-0.15, -0.1) is 0 Å². The van der Waals surface area contributed by atoms with Crippen LogP contribution in [0.15, 0.2) is 42.5 Å². The third-order valence-electron chi connectivity index (χ3n) is 3.52. The summed E-state index contributed by atoms with van der Waals surface area (Å²) < 4.78 is 24.7. The van der Waals surface area contributed by atoms with Crippen molar-refractivity contribution in [1.29, 1.82) is 0 Å². The van der Waals surface area contributed by atoms with E-state index >= 15 is 0 Å². The second-order valence-corrected chi connectivity index (χ2v) is 4.94.